The highest BCUT2D eigenvalue weighted by molar-refractivity contribution is 6.02. The monoisotopic (exact) mass is 368 g/mol. The summed E-state index contributed by atoms with van der Waals surface area (Å²) < 4.78 is 10.2. The lowest BCUT2D eigenvalue weighted by atomic mass is 10.1. The number of carbonyl (C=O) groups excluding carboxylic acids is 3. The molecule has 0 atom stereocenters. The first-order chi connectivity index (χ1) is 13.0. The second kappa shape index (κ2) is 7.90. The molecule has 7 nitrogen and oxygen atoms in total. The molecule has 0 spiro atoms. The van der Waals surface area contributed by atoms with Crippen LogP contribution in [-0.2, 0) is 14.3 Å². The summed E-state index contributed by atoms with van der Waals surface area (Å²) in [6.07, 6.45) is 0.0780. The molecule has 140 valence electrons. The normalized spacial score (nSPS) is 12.8. The van der Waals surface area contributed by atoms with Crippen molar-refractivity contribution >= 4 is 29.2 Å². The van der Waals surface area contributed by atoms with Crippen molar-refractivity contribution in [2.45, 2.75) is 13.3 Å². The molecule has 0 saturated carbocycles. The molecule has 1 heterocycles. The van der Waals surface area contributed by atoms with Crippen molar-refractivity contribution < 1.29 is 23.9 Å². The van der Waals surface area contributed by atoms with Crippen molar-refractivity contribution in [1.29, 1.82) is 0 Å². The Morgan fingerprint density at radius 1 is 1.22 bits per heavy atom. The van der Waals surface area contributed by atoms with Gasteiger partial charge >= 0.3 is 5.97 Å². The van der Waals surface area contributed by atoms with Crippen molar-refractivity contribution in [3.8, 4) is 5.75 Å². The van der Waals surface area contributed by atoms with E-state index in [0.717, 1.165) is 5.56 Å². The number of anilines is 2. The molecule has 1 aliphatic rings. The number of hydrogen-bond acceptors (Lipinski definition) is 5. The Morgan fingerprint density at radius 3 is 2.78 bits per heavy atom. The molecule has 0 radical (unpaired) electrons. The third-order valence-electron chi connectivity index (χ3n) is 4.23. The number of nitrogens with one attached hydrogen (secondary N) is 1. The molecule has 0 bridgehead atoms. The molecule has 3 rings (SSSR count). The minimum Gasteiger partial charge on any atom is -0.482 e. The van der Waals surface area contributed by atoms with Crippen LogP contribution >= 0.6 is 0 Å². The van der Waals surface area contributed by atoms with Gasteiger partial charge in [-0.25, -0.2) is 4.79 Å². The van der Waals surface area contributed by atoms with Crippen LogP contribution in [0, 0.1) is 6.92 Å². The molecule has 0 fully saturated rings. The van der Waals surface area contributed by atoms with E-state index in [-0.39, 0.29) is 37.0 Å². The van der Waals surface area contributed by atoms with Crippen LogP contribution in [0.15, 0.2) is 42.5 Å². The van der Waals surface area contributed by atoms with Gasteiger partial charge in [0.2, 0.25) is 5.91 Å². The molecule has 0 aliphatic carbocycles. The number of para-hydroxylation sites is 1. The van der Waals surface area contributed by atoms with Gasteiger partial charge in [-0.05, 0) is 36.8 Å². The van der Waals surface area contributed by atoms with E-state index in [2.05, 4.69) is 5.32 Å². The molecule has 27 heavy (non-hydrogen) atoms. The summed E-state index contributed by atoms with van der Waals surface area (Å²) in [6, 6.07) is 12.2. The molecule has 1 aliphatic heterocycles. The first kappa shape index (κ1) is 18.4. The lowest BCUT2D eigenvalue weighted by molar-refractivity contribution is -0.121. The molecular weight excluding hydrogens is 348 g/mol. The number of esters is 1. The number of nitrogens with zero attached hydrogens (tertiary/aromatic N) is 1. The summed E-state index contributed by atoms with van der Waals surface area (Å²) in [5.74, 6) is -0.411. The number of fused-ring (bicyclic) bond motifs is 1. The van der Waals surface area contributed by atoms with Gasteiger partial charge in [-0.15, -0.1) is 0 Å². The van der Waals surface area contributed by atoms with Crippen LogP contribution in [0.5, 0.6) is 5.75 Å². The van der Waals surface area contributed by atoms with E-state index < -0.39 is 5.97 Å². The van der Waals surface area contributed by atoms with Gasteiger partial charge in [0.05, 0.1) is 24.0 Å². The van der Waals surface area contributed by atoms with Gasteiger partial charge in [0.15, 0.2) is 6.61 Å². The third kappa shape index (κ3) is 4.08. The van der Waals surface area contributed by atoms with E-state index in [9.17, 15) is 14.4 Å². The molecule has 1 N–H and O–H groups in total. The van der Waals surface area contributed by atoms with E-state index in [0.29, 0.717) is 17.1 Å². The van der Waals surface area contributed by atoms with Gasteiger partial charge in [0, 0.05) is 13.0 Å². The van der Waals surface area contributed by atoms with Crippen LogP contribution in [-0.4, -0.2) is 38.0 Å². The number of amides is 2. The Bertz CT molecular complexity index is 894. The highest BCUT2D eigenvalue weighted by Crippen LogP contribution is 2.32. The zero-order valence-electron chi connectivity index (χ0n) is 15.2. The Balaban J connectivity index is 1.69. The van der Waals surface area contributed by atoms with Gasteiger partial charge in [0.25, 0.3) is 5.91 Å². The fraction of sp³-hybridized carbons (Fsp3) is 0.250. The Kier molecular flexibility index (Phi) is 5.40. The molecule has 0 unspecified atom stereocenters. The minimum absolute atomic E-state index is 0.0527. The fourth-order valence-electron chi connectivity index (χ4n) is 2.86. The van der Waals surface area contributed by atoms with Crippen LogP contribution in [0.2, 0.25) is 0 Å². The van der Waals surface area contributed by atoms with E-state index in [1.54, 1.807) is 29.2 Å². The molecule has 2 aromatic rings. The van der Waals surface area contributed by atoms with Crippen molar-refractivity contribution in [2.75, 3.05) is 30.5 Å². The summed E-state index contributed by atoms with van der Waals surface area (Å²) in [4.78, 5) is 37.9. The minimum atomic E-state index is -0.529. The zero-order chi connectivity index (χ0) is 19.4. The maximum Gasteiger partial charge on any atom is 0.339 e. The second-order valence-corrected chi connectivity index (χ2v) is 6.14. The Morgan fingerprint density at radius 2 is 2.00 bits per heavy atom. The van der Waals surface area contributed by atoms with Crippen molar-refractivity contribution in [2.24, 2.45) is 0 Å². The van der Waals surface area contributed by atoms with Crippen molar-refractivity contribution in [3.05, 3.63) is 53.6 Å². The average Bonchev–Trinajstić information content (AvgIpc) is 2.67. The van der Waals surface area contributed by atoms with Crippen LogP contribution in [0.25, 0.3) is 0 Å². The molecule has 7 heteroatoms. The van der Waals surface area contributed by atoms with Crippen LogP contribution in [0.1, 0.15) is 22.3 Å². The molecule has 0 aromatic heterocycles. The topological polar surface area (TPSA) is 84.9 Å². The first-order valence-electron chi connectivity index (χ1n) is 8.50. The number of methoxy groups -OCH3 is 1. The van der Waals surface area contributed by atoms with Gasteiger partial charge in [-0.1, -0.05) is 18.2 Å². The molecular formula is C20H20N2O5. The zero-order valence-corrected chi connectivity index (χ0v) is 15.2. The van der Waals surface area contributed by atoms with Crippen LogP contribution in [0.3, 0.4) is 0 Å². The average molecular weight is 368 g/mol. The first-order valence-corrected chi connectivity index (χ1v) is 8.50. The Labute approximate surface area is 156 Å². The number of ether oxygens (including phenoxy) is 2. The van der Waals surface area contributed by atoms with Crippen molar-refractivity contribution in [1.82, 2.24) is 0 Å². The predicted octanol–water partition coefficient (Wildman–Crippen LogP) is 2.54. The van der Waals surface area contributed by atoms with E-state index in [1.807, 2.05) is 25.1 Å². The smallest absolute Gasteiger partial charge is 0.339 e. The second-order valence-electron chi connectivity index (χ2n) is 6.14. The number of benzene rings is 2. The van der Waals surface area contributed by atoms with Crippen LogP contribution < -0.4 is 15.0 Å². The lowest BCUT2D eigenvalue weighted by Crippen LogP contribution is -2.40. The SMILES string of the molecule is COC(=O)c1ccccc1NC(=O)CCN1C(=O)COc2ccc(C)cc21. The maximum absolute atomic E-state index is 12.4. The highest BCUT2D eigenvalue weighted by atomic mass is 16.5. The Hall–Kier alpha value is -3.35. The molecule has 2 amide bonds. The molecule has 0 saturated heterocycles. The number of carbonyl (C=O) groups is 3. The third-order valence-corrected chi connectivity index (χ3v) is 4.23. The van der Waals surface area contributed by atoms with Gasteiger partial charge in [-0.3, -0.25) is 9.59 Å². The van der Waals surface area contributed by atoms with Crippen LogP contribution in [0.4, 0.5) is 11.4 Å². The number of hydrogen-bond donors (Lipinski definition) is 1. The van der Waals surface area contributed by atoms with Gasteiger partial charge in [0.1, 0.15) is 5.75 Å². The summed E-state index contributed by atoms with van der Waals surface area (Å²) in [6.45, 7) is 2.09. The quantitative estimate of drug-likeness (QED) is 0.820. The molecule has 2 aromatic carbocycles. The summed E-state index contributed by atoms with van der Waals surface area (Å²) in [5.41, 5.74) is 2.30. The van der Waals surface area contributed by atoms with Crippen molar-refractivity contribution in [3.63, 3.8) is 0 Å². The summed E-state index contributed by atoms with van der Waals surface area (Å²) in [5, 5.41) is 2.71. The van der Waals surface area contributed by atoms with E-state index in [1.165, 1.54) is 7.11 Å². The maximum atomic E-state index is 12.4. The van der Waals surface area contributed by atoms with Gasteiger partial charge in [-0.2, -0.15) is 0 Å². The number of aryl methyl sites for hydroxylation is 1. The lowest BCUT2D eigenvalue weighted by Gasteiger charge is -2.29. The van der Waals surface area contributed by atoms with E-state index in [4.69, 9.17) is 9.47 Å². The van der Waals surface area contributed by atoms with Gasteiger partial charge < -0.3 is 19.7 Å². The summed E-state index contributed by atoms with van der Waals surface area (Å²) in [7, 11) is 1.28. The largest absolute Gasteiger partial charge is 0.482 e. The number of rotatable bonds is 5. The predicted molar refractivity (Wildman–Crippen MR) is 100 cm³/mol. The standard InChI is InChI=1S/C20H20N2O5/c1-13-7-8-17-16(11-13)22(19(24)12-27-17)10-9-18(23)21-15-6-4-3-5-14(15)20(25)26-2/h3-8,11H,9-10,12H2,1-2H3,(H,21,23). The summed E-state index contributed by atoms with van der Waals surface area (Å²) >= 11 is 0. The fourth-order valence-corrected chi connectivity index (χ4v) is 2.86. The van der Waals surface area contributed by atoms with E-state index >= 15 is 0 Å². The highest BCUT2D eigenvalue weighted by Gasteiger charge is 2.26.